The number of alkyl halides is 3. The van der Waals surface area contributed by atoms with E-state index in [9.17, 15) is 22.0 Å². The number of benzene rings is 2. The molecule has 0 bridgehead atoms. The minimum atomic E-state index is -4.81. The van der Waals surface area contributed by atoms with Crippen LogP contribution in [0.15, 0.2) is 40.8 Å². The van der Waals surface area contributed by atoms with Crippen molar-refractivity contribution in [3.05, 3.63) is 64.5 Å². The van der Waals surface area contributed by atoms with Crippen molar-refractivity contribution in [1.82, 2.24) is 15.1 Å². The van der Waals surface area contributed by atoms with Gasteiger partial charge in [-0.2, -0.15) is 13.2 Å². The molecular formula is C21H17ClF5N5O. The van der Waals surface area contributed by atoms with Gasteiger partial charge < -0.3 is 14.2 Å². The van der Waals surface area contributed by atoms with Gasteiger partial charge in [-0.25, -0.2) is 8.78 Å². The number of halogens is 6. The highest BCUT2D eigenvalue weighted by molar-refractivity contribution is 6.31. The predicted octanol–water partition coefficient (Wildman–Crippen LogP) is 5.72. The fourth-order valence-electron chi connectivity index (χ4n) is 3.47. The van der Waals surface area contributed by atoms with Crippen LogP contribution in [0.2, 0.25) is 5.02 Å². The van der Waals surface area contributed by atoms with Gasteiger partial charge in [0, 0.05) is 29.9 Å². The molecule has 1 aliphatic rings. The molecule has 174 valence electrons. The summed E-state index contributed by atoms with van der Waals surface area (Å²) >= 11 is 5.92. The molecule has 2 aromatic carbocycles. The van der Waals surface area contributed by atoms with Gasteiger partial charge in [0.05, 0.1) is 11.6 Å². The zero-order chi connectivity index (χ0) is 23.8. The summed E-state index contributed by atoms with van der Waals surface area (Å²) in [7, 11) is 0. The van der Waals surface area contributed by atoms with Crippen LogP contribution in [0, 0.1) is 17.0 Å². The van der Waals surface area contributed by atoms with Crippen molar-refractivity contribution in [2.75, 3.05) is 18.0 Å². The molecule has 0 spiro atoms. The molecule has 6 nitrogen and oxygen atoms in total. The van der Waals surface area contributed by atoms with Crippen molar-refractivity contribution in [1.29, 1.82) is 5.41 Å². The summed E-state index contributed by atoms with van der Waals surface area (Å²) in [4.78, 5) is 3.31. The molecule has 0 atom stereocenters. The van der Waals surface area contributed by atoms with E-state index in [0.29, 0.717) is 18.8 Å². The maximum atomic E-state index is 14.9. The number of anilines is 1. The van der Waals surface area contributed by atoms with Gasteiger partial charge in [-0.1, -0.05) is 17.7 Å². The van der Waals surface area contributed by atoms with Crippen LogP contribution in [0.4, 0.5) is 27.6 Å². The molecule has 1 saturated heterocycles. The van der Waals surface area contributed by atoms with E-state index in [-0.39, 0.29) is 28.7 Å². The number of nitrogens with zero attached hydrogens (tertiary/aromatic N) is 4. The van der Waals surface area contributed by atoms with E-state index < -0.39 is 29.6 Å². The Morgan fingerprint density at radius 3 is 2.39 bits per heavy atom. The molecular weight excluding hydrogens is 469 g/mol. The Morgan fingerprint density at radius 1 is 1.06 bits per heavy atom. The van der Waals surface area contributed by atoms with E-state index in [1.54, 1.807) is 0 Å². The molecule has 0 saturated carbocycles. The van der Waals surface area contributed by atoms with Crippen LogP contribution in [-0.4, -0.2) is 34.1 Å². The number of guanidine groups is 1. The van der Waals surface area contributed by atoms with Crippen LogP contribution in [0.1, 0.15) is 24.3 Å². The maximum absolute atomic E-state index is 14.9. The molecule has 0 aliphatic carbocycles. The average molecular weight is 486 g/mol. The van der Waals surface area contributed by atoms with E-state index in [1.165, 1.54) is 29.2 Å². The number of likely N-dealkylation sites (tertiary alicyclic amines) is 1. The minimum absolute atomic E-state index is 0.0229. The first kappa shape index (κ1) is 23.0. The first-order valence-corrected chi connectivity index (χ1v) is 10.3. The van der Waals surface area contributed by atoms with Gasteiger partial charge in [0.2, 0.25) is 5.89 Å². The average Bonchev–Trinajstić information content (AvgIpc) is 3.47. The Labute approximate surface area is 190 Å². The maximum Gasteiger partial charge on any atom is 0.470 e. The van der Waals surface area contributed by atoms with Gasteiger partial charge in [-0.05, 0) is 43.2 Å². The number of rotatable bonds is 4. The number of aromatic nitrogens is 2. The molecule has 1 N–H and O–H groups in total. The summed E-state index contributed by atoms with van der Waals surface area (Å²) in [5.74, 6) is -3.27. The lowest BCUT2D eigenvalue weighted by atomic mass is 10.1. The summed E-state index contributed by atoms with van der Waals surface area (Å²) < 4.78 is 71.3. The highest BCUT2D eigenvalue weighted by Crippen LogP contribution is 2.31. The van der Waals surface area contributed by atoms with E-state index in [2.05, 4.69) is 14.6 Å². The van der Waals surface area contributed by atoms with Crippen LogP contribution in [0.3, 0.4) is 0 Å². The van der Waals surface area contributed by atoms with Gasteiger partial charge in [-0.3, -0.25) is 5.41 Å². The Bertz CT molecular complexity index is 1180. The van der Waals surface area contributed by atoms with Crippen LogP contribution in [0.25, 0.3) is 11.5 Å². The van der Waals surface area contributed by atoms with Crippen LogP contribution in [-0.2, 0) is 12.7 Å². The first-order valence-electron chi connectivity index (χ1n) is 9.89. The molecule has 3 aromatic rings. The normalized spacial score (nSPS) is 14.1. The smallest absolute Gasteiger partial charge is 0.413 e. The second-order valence-electron chi connectivity index (χ2n) is 7.42. The molecule has 1 fully saturated rings. The first-order chi connectivity index (χ1) is 15.6. The summed E-state index contributed by atoms with van der Waals surface area (Å²) in [5.41, 5.74) is 0.525. The zero-order valence-corrected chi connectivity index (χ0v) is 17.7. The SMILES string of the molecule is N=C(N1CCCC1)N(Cc1ccc(-c2nnc(C(F)(F)F)o2)cc1F)c1ccc(F)c(Cl)c1. The highest BCUT2D eigenvalue weighted by Gasteiger charge is 2.38. The van der Waals surface area contributed by atoms with Gasteiger partial charge in [0.25, 0.3) is 0 Å². The fraction of sp³-hybridized carbons (Fsp3) is 0.286. The van der Waals surface area contributed by atoms with Crippen molar-refractivity contribution < 1.29 is 26.4 Å². The topological polar surface area (TPSA) is 69.2 Å². The molecule has 33 heavy (non-hydrogen) atoms. The zero-order valence-electron chi connectivity index (χ0n) is 17.0. The Kier molecular flexibility index (Phi) is 6.24. The molecule has 0 amide bonds. The monoisotopic (exact) mass is 485 g/mol. The predicted molar refractivity (Wildman–Crippen MR) is 111 cm³/mol. The van der Waals surface area contributed by atoms with Crippen LogP contribution >= 0.6 is 11.6 Å². The van der Waals surface area contributed by atoms with Gasteiger partial charge in [-0.15, -0.1) is 10.2 Å². The standard InChI is InChI=1S/C21H17ClF5N5O/c22-15-10-14(5-6-16(15)23)32(20(28)31-7-1-2-8-31)11-13-4-3-12(9-17(13)24)18-29-30-19(33-18)21(25,26)27/h3-6,9-10,28H,1-2,7-8,11H2. The van der Waals surface area contributed by atoms with Crippen molar-refractivity contribution in [3.63, 3.8) is 0 Å². The Balaban J connectivity index is 1.63. The molecule has 4 rings (SSSR count). The quantitative estimate of drug-likeness (QED) is 0.290. The van der Waals surface area contributed by atoms with Crippen molar-refractivity contribution in [3.8, 4) is 11.5 Å². The number of hydrogen-bond acceptors (Lipinski definition) is 4. The summed E-state index contributed by atoms with van der Waals surface area (Å²) in [6, 6.07) is 7.65. The molecule has 2 heterocycles. The summed E-state index contributed by atoms with van der Waals surface area (Å²) in [6.07, 6.45) is -2.99. The largest absolute Gasteiger partial charge is 0.470 e. The van der Waals surface area contributed by atoms with Crippen molar-refractivity contribution in [2.45, 2.75) is 25.6 Å². The van der Waals surface area contributed by atoms with E-state index >= 15 is 0 Å². The van der Waals surface area contributed by atoms with Crippen molar-refractivity contribution in [2.24, 2.45) is 0 Å². The van der Waals surface area contributed by atoms with Gasteiger partial charge in [0.15, 0.2) is 5.96 Å². The lowest BCUT2D eigenvalue weighted by Gasteiger charge is -2.31. The Morgan fingerprint density at radius 2 is 1.79 bits per heavy atom. The third-order valence-electron chi connectivity index (χ3n) is 5.17. The fourth-order valence-corrected chi connectivity index (χ4v) is 3.65. The molecule has 0 unspecified atom stereocenters. The molecule has 0 radical (unpaired) electrons. The Hall–Kier alpha value is -3.21. The lowest BCUT2D eigenvalue weighted by molar-refractivity contribution is -0.156. The van der Waals surface area contributed by atoms with E-state index in [4.69, 9.17) is 17.0 Å². The van der Waals surface area contributed by atoms with Gasteiger partial charge in [0.1, 0.15) is 11.6 Å². The van der Waals surface area contributed by atoms with E-state index in [1.807, 2.05) is 4.90 Å². The second-order valence-corrected chi connectivity index (χ2v) is 7.83. The molecule has 1 aliphatic heterocycles. The summed E-state index contributed by atoms with van der Waals surface area (Å²) in [6.45, 7) is 1.22. The molecule has 12 heteroatoms. The second kappa shape index (κ2) is 8.97. The van der Waals surface area contributed by atoms with Crippen molar-refractivity contribution >= 4 is 23.2 Å². The number of nitrogens with one attached hydrogen (secondary N) is 1. The lowest BCUT2D eigenvalue weighted by Crippen LogP contribution is -2.42. The van der Waals surface area contributed by atoms with E-state index in [0.717, 1.165) is 25.0 Å². The highest BCUT2D eigenvalue weighted by atomic mass is 35.5. The minimum Gasteiger partial charge on any atom is -0.413 e. The number of hydrogen-bond donors (Lipinski definition) is 1. The van der Waals surface area contributed by atoms with Gasteiger partial charge >= 0.3 is 12.1 Å². The third kappa shape index (κ3) is 4.92. The third-order valence-corrected chi connectivity index (χ3v) is 5.46. The molecule has 1 aromatic heterocycles. The van der Waals surface area contributed by atoms with Crippen LogP contribution in [0.5, 0.6) is 0 Å². The summed E-state index contributed by atoms with van der Waals surface area (Å²) in [5, 5.41) is 14.7. The van der Waals surface area contributed by atoms with Crippen LogP contribution < -0.4 is 4.90 Å².